The van der Waals surface area contributed by atoms with Gasteiger partial charge in [-0.2, -0.15) is 0 Å². The van der Waals surface area contributed by atoms with E-state index >= 15 is 0 Å². The molecule has 1 aromatic carbocycles. The molecule has 0 unspecified atom stereocenters. The summed E-state index contributed by atoms with van der Waals surface area (Å²) in [6.45, 7) is 1.99. The van der Waals surface area contributed by atoms with E-state index in [9.17, 15) is 9.90 Å². The number of aromatic hydroxyl groups is 1. The van der Waals surface area contributed by atoms with Crippen molar-refractivity contribution in [3.05, 3.63) is 56.9 Å². The van der Waals surface area contributed by atoms with Gasteiger partial charge >= 0.3 is 5.63 Å². The summed E-state index contributed by atoms with van der Waals surface area (Å²) in [7, 11) is 0. The molecule has 0 bridgehead atoms. The largest absolute Gasteiger partial charge is 0.506 e. The van der Waals surface area contributed by atoms with Gasteiger partial charge in [0.25, 0.3) is 0 Å². The second-order valence-corrected chi connectivity index (χ2v) is 7.35. The molecular formula is C20H25Cl4N3O3. The Morgan fingerprint density at radius 1 is 1.20 bits per heavy atom. The van der Waals surface area contributed by atoms with Gasteiger partial charge in [-0.3, -0.25) is 0 Å². The van der Waals surface area contributed by atoms with E-state index < -0.39 is 0 Å². The summed E-state index contributed by atoms with van der Waals surface area (Å²) in [6, 6.07) is 1.72. The van der Waals surface area contributed by atoms with E-state index in [1.807, 2.05) is 10.8 Å². The third-order valence-electron chi connectivity index (χ3n) is 5.17. The molecule has 0 radical (unpaired) electrons. The summed E-state index contributed by atoms with van der Waals surface area (Å²) in [6.07, 6.45) is 10.0. The highest BCUT2D eigenvalue weighted by molar-refractivity contribution is 6.33. The number of phenols is 1. The van der Waals surface area contributed by atoms with E-state index in [0.717, 1.165) is 61.7 Å². The van der Waals surface area contributed by atoms with Crippen LogP contribution in [0.3, 0.4) is 0 Å². The van der Waals surface area contributed by atoms with Crippen molar-refractivity contribution < 1.29 is 9.52 Å². The van der Waals surface area contributed by atoms with Crippen LogP contribution in [0.2, 0.25) is 5.02 Å². The van der Waals surface area contributed by atoms with Crippen molar-refractivity contribution in [2.24, 2.45) is 0 Å². The van der Waals surface area contributed by atoms with Crippen molar-refractivity contribution >= 4 is 59.8 Å². The second kappa shape index (κ2) is 11.8. The fourth-order valence-electron chi connectivity index (χ4n) is 3.78. The molecule has 0 fully saturated rings. The van der Waals surface area contributed by atoms with Gasteiger partial charge in [-0.05, 0) is 50.3 Å². The SMILES string of the molecule is Cl.Cl.Cl.O=c1oc2c(CNCCCn3ccnc3)c(O)c(Cl)cc2c2c1CCCC2. The van der Waals surface area contributed by atoms with Crippen molar-refractivity contribution in [3.63, 3.8) is 0 Å². The van der Waals surface area contributed by atoms with Crippen LogP contribution in [0, 0.1) is 0 Å². The molecule has 0 spiro atoms. The molecule has 3 aromatic rings. The Balaban J connectivity index is 0.00000150. The Bertz CT molecular complexity index is 1020. The maximum atomic E-state index is 12.4. The first kappa shape index (κ1) is 26.6. The van der Waals surface area contributed by atoms with Crippen molar-refractivity contribution in [2.75, 3.05) is 6.54 Å². The number of fused-ring (bicyclic) bond motifs is 3. The Labute approximate surface area is 198 Å². The summed E-state index contributed by atoms with van der Waals surface area (Å²) >= 11 is 6.27. The maximum Gasteiger partial charge on any atom is 0.339 e. The van der Waals surface area contributed by atoms with Crippen LogP contribution in [0.4, 0.5) is 0 Å². The molecule has 0 atom stereocenters. The van der Waals surface area contributed by atoms with E-state index in [4.69, 9.17) is 16.0 Å². The molecule has 0 saturated carbocycles. The third kappa shape index (κ3) is 5.42. The van der Waals surface area contributed by atoms with Crippen LogP contribution in [-0.2, 0) is 25.9 Å². The molecule has 4 rings (SSSR count). The van der Waals surface area contributed by atoms with Crippen molar-refractivity contribution in [3.8, 4) is 5.75 Å². The van der Waals surface area contributed by atoms with Crippen LogP contribution in [0.1, 0.15) is 36.0 Å². The molecule has 6 nitrogen and oxygen atoms in total. The van der Waals surface area contributed by atoms with Gasteiger partial charge in [-0.1, -0.05) is 11.6 Å². The standard InChI is InChI=1S/C20H22ClN3O3.3ClH/c21-17-10-15-13-4-1-2-5-14(13)20(26)27-19(15)16(18(17)25)11-22-6-3-8-24-9-7-23-12-24;;;/h7,9-10,12,22,25H,1-6,8,11H2;3*1H. The van der Waals surface area contributed by atoms with Gasteiger partial charge < -0.3 is 19.4 Å². The molecule has 0 saturated heterocycles. The topological polar surface area (TPSA) is 80.3 Å². The quantitative estimate of drug-likeness (QED) is 0.382. The summed E-state index contributed by atoms with van der Waals surface area (Å²) in [5.41, 5.74) is 2.49. The van der Waals surface area contributed by atoms with Crippen LogP contribution in [0.5, 0.6) is 5.75 Å². The van der Waals surface area contributed by atoms with Gasteiger partial charge in [0, 0.05) is 36.4 Å². The number of phenolic OH excluding ortho intramolecular Hbond substituents is 1. The number of nitrogens with one attached hydrogen (secondary N) is 1. The summed E-state index contributed by atoms with van der Waals surface area (Å²) in [5, 5.41) is 14.9. The van der Waals surface area contributed by atoms with Crippen molar-refractivity contribution in [1.82, 2.24) is 14.9 Å². The van der Waals surface area contributed by atoms with E-state index in [-0.39, 0.29) is 48.6 Å². The first-order valence-electron chi connectivity index (χ1n) is 9.30. The molecule has 2 N–H and O–H groups in total. The van der Waals surface area contributed by atoms with Crippen molar-refractivity contribution in [1.29, 1.82) is 0 Å². The molecule has 30 heavy (non-hydrogen) atoms. The van der Waals surface area contributed by atoms with Crippen LogP contribution >= 0.6 is 48.8 Å². The lowest BCUT2D eigenvalue weighted by atomic mass is 9.90. The van der Waals surface area contributed by atoms with Crippen LogP contribution < -0.4 is 10.9 Å². The third-order valence-corrected chi connectivity index (χ3v) is 5.45. The van der Waals surface area contributed by atoms with Crippen LogP contribution in [0.25, 0.3) is 11.0 Å². The first-order valence-corrected chi connectivity index (χ1v) is 9.68. The fourth-order valence-corrected chi connectivity index (χ4v) is 4.00. The number of nitrogens with zero attached hydrogens (tertiary/aromatic N) is 2. The van der Waals surface area contributed by atoms with Gasteiger partial charge in [0.2, 0.25) is 0 Å². The highest BCUT2D eigenvalue weighted by Gasteiger charge is 2.22. The molecular weight excluding hydrogens is 472 g/mol. The predicted octanol–water partition coefficient (Wildman–Crippen LogP) is 4.67. The highest BCUT2D eigenvalue weighted by Crippen LogP contribution is 2.37. The van der Waals surface area contributed by atoms with Gasteiger partial charge in [0.05, 0.1) is 16.9 Å². The lowest BCUT2D eigenvalue weighted by Gasteiger charge is -2.18. The average molecular weight is 497 g/mol. The Morgan fingerprint density at radius 2 is 1.93 bits per heavy atom. The van der Waals surface area contributed by atoms with E-state index in [1.165, 1.54) is 0 Å². The lowest BCUT2D eigenvalue weighted by Crippen LogP contribution is -2.19. The summed E-state index contributed by atoms with van der Waals surface area (Å²) < 4.78 is 7.63. The molecule has 1 aliphatic rings. The Kier molecular flexibility index (Phi) is 10.5. The molecule has 166 valence electrons. The smallest absolute Gasteiger partial charge is 0.339 e. The highest BCUT2D eigenvalue weighted by atomic mass is 35.5. The average Bonchev–Trinajstić information content (AvgIpc) is 3.19. The molecule has 2 heterocycles. The molecule has 2 aromatic heterocycles. The zero-order chi connectivity index (χ0) is 18.8. The number of hydrogen-bond donors (Lipinski definition) is 2. The van der Waals surface area contributed by atoms with Gasteiger partial charge in [0.1, 0.15) is 11.3 Å². The summed E-state index contributed by atoms with van der Waals surface area (Å²) in [4.78, 5) is 16.4. The number of rotatable bonds is 6. The number of hydrogen-bond acceptors (Lipinski definition) is 5. The van der Waals surface area contributed by atoms with Gasteiger partial charge in [0.15, 0.2) is 0 Å². The minimum absolute atomic E-state index is 0. The van der Waals surface area contributed by atoms with Crippen LogP contribution in [0.15, 0.2) is 34.0 Å². The first-order chi connectivity index (χ1) is 13.1. The minimum Gasteiger partial charge on any atom is -0.506 e. The minimum atomic E-state index is -0.291. The zero-order valence-electron chi connectivity index (χ0n) is 16.2. The monoisotopic (exact) mass is 495 g/mol. The van der Waals surface area contributed by atoms with Gasteiger partial charge in [-0.15, -0.1) is 37.2 Å². The molecule has 0 aliphatic heterocycles. The number of benzene rings is 1. The normalized spacial score (nSPS) is 12.4. The fraction of sp³-hybridized carbons (Fsp3) is 0.400. The molecule has 1 aliphatic carbocycles. The second-order valence-electron chi connectivity index (χ2n) is 6.95. The predicted molar refractivity (Wildman–Crippen MR) is 126 cm³/mol. The number of halogens is 4. The zero-order valence-corrected chi connectivity index (χ0v) is 19.4. The Hall–Kier alpha value is -1.44. The molecule has 0 amide bonds. The maximum absolute atomic E-state index is 12.4. The number of imidazole rings is 1. The lowest BCUT2D eigenvalue weighted by molar-refractivity contribution is 0.458. The molecule has 10 heteroatoms. The number of aromatic nitrogens is 2. The van der Waals surface area contributed by atoms with Crippen LogP contribution in [-0.4, -0.2) is 21.2 Å². The Morgan fingerprint density at radius 3 is 2.63 bits per heavy atom. The number of aryl methyl sites for hydroxylation is 2. The van der Waals surface area contributed by atoms with Gasteiger partial charge in [-0.25, -0.2) is 9.78 Å². The van der Waals surface area contributed by atoms with Crippen molar-refractivity contribution in [2.45, 2.75) is 45.2 Å². The summed E-state index contributed by atoms with van der Waals surface area (Å²) in [5.74, 6) is -0.0230. The van der Waals surface area contributed by atoms with E-state index in [0.29, 0.717) is 22.7 Å². The van der Waals surface area contributed by atoms with E-state index in [1.54, 1.807) is 18.6 Å². The van der Waals surface area contributed by atoms with E-state index in [2.05, 4.69) is 10.3 Å².